The van der Waals surface area contributed by atoms with Crippen LogP contribution in [0.4, 0.5) is 4.39 Å². The smallest absolute Gasteiger partial charge is 0.124 e. The summed E-state index contributed by atoms with van der Waals surface area (Å²) in [5.41, 5.74) is 1.96. The van der Waals surface area contributed by atoms with Crippen molar-refractivity contribution in [2.45, 2.75) is 6.04 Å². The maximum absolute atomic E-state index is 13.1. The minimum absolute atomic E-state index is 0.0394. The van der Waals surface area contributed by atoms with E-state index in [1.54, 1.807) is 16.9 Å². The summed E-state index contributed by atoms with van der Waals surface area (Å²) in [6, 6.07) is 4.73. The van der Waals surface area contributed by atoms with E-state index in [4.69, 9.17) is 0 Å². The highest BCUT2D eigenvalue weighted by molar-refractivity contribution is 14.1. The van der Waals surface area contributed by atoms with Crippen molar-refractivity contribution in [2.75, 3.05) is 7.05 Å². The summed E-state index contributed by atoms with van der Waals surface area (Å²) < 4.78 is 15.7. The van der Waals surface area contributed by atoms with Gasteiger partial charge < -0.3 is 5.32 Å². The minimum Gasteiger partial charge on any atom is -0.308 e. The number of hydrogen-bond donors (Lipinski definition) is 1. The summed E-state index contributed by atoms with van der Waals surface area (Å²) in [6.07, 6.45) is 1.71. The van der Waals surface area contributed by atoms with E-state index in [0.29, 0.717) is 0 Å². The normalized spacial score (nSPS) is 12.7. The molecule has 0 aliphatic rings. The van der Waals surface area contributed by atoms with Crippen LogP contribution in [0.1, 0.15) is 17.3 Å². The van der Waals surface area contributed by atoms with E-state index < -0.39 is 0 Å². The van der Waals surface area contributed by atoms with Crippen LogP contribution in [-0.4, -0.2) is 22.0 Å². The molecule has 0 saturated carbocycles. The van der Waals surface area contributed by atoms with E-state index in [-0.39, 0.29) is 11.9 Å². The quantitative estimate of drug-likeness (QED) is 0.863. The molecule has 0 bridgehead atoms. The van der Waals surface area contributed by atoms with Crippen LogP contribution in [0.3, 0.4) is 0 Å². The Morgan fingerprint density at radius 3 is 2.76 bits per heavy atom. The fraction of sp³-hybridized carbons (Fsp3) is 0.273. The van der Waals surface area contributed by atoms with Crippen LogP contribution in [-0.2, 0) is 7.05 Å². The predicted octanol–water partition coefficient (Wildman–Crippen LogP) is 1.87. The molecule has 4 nitrogen and oxygen atoms in total. The zero-order chi connectivity index (χ0) is 12.4. The number of rotatable bonds is 3. The largest absolute Gasteiger partial charge is 0.308 e. The van der Waals surface area contributed by atoms with Gasteiger partial charge in [-0.3, -0.25) is 4.68 Å². The van der Waals surface area contributed by atoms with Gasteiger partial charge in [0.25, 0.3) is 0 Å². The summed E-state index contributed by atoms with van der Waals surface area (Å²) in [7, 11) is 3.69. The lowest BCUT2D eigenvalue weighted by Gasteiger charge is -2.17. The summed E-state index contributed by atoms with van der Waals surface area (Å²) in [6.45, 7) is 0. The molecule has 0 aliphatic heterocycles. The van der Waals surface area contributed by atoms with Crippen molar-refractivity contribution >= 4 is 22.6 Å². The predicted molar refractivity (Wildman–Crippen MR) is 71.0 cm³/mol. The number of benzene rings is 1. The van der Waals surface area contributed by atoms with Gasteiger partial charge in [0.1, 0.15) is 5.82 Å². The molecule has 0 amide bonds. The Kier molecular flexibility index (Phi) is 3.72. The summed E-state index contributed by atoms with van der Waals surface area (Å²) >= 11 is 2.13. The van der Waals surface area contributed by atoms with Crippen LogP contribution in [0.5, 0.6) is 0 Å². The van der Waals surface area contributed by atoms with Crippen molar-refractivity contribution in [2.24, 2.45) is 7.05 Å². The van der Waals surface area contributed by atoms with Crippen molar-refractivity contribution in [3.8, 4) is 0 Å². The van der Waals surface area contributed by atoms with Crippen LogP contribution >= 0.6 is 22.6 Å². The number of aryl methyl sites for hydroxylation is 1. The highest BCUT2D eigenvalue weighted by atomic mass is 127. The van der Waals surface area contributed by atoms with Crippen LogP contribution in [0.25, 0.3) is 0 Å². The molecule has 0 spiro atoms. The zero-order valence-electron chi connectivity index (χ0n) is 9.48. The molecular weight excluding hydrogens is 334 g/mol. The monoisotopic (exact) mass is 346 g/mol. The fourth-order valence-corrected chi connectivity index (χ4v) is 2.55. The fourth-order valence-electron chi connectivity index (χ4n) is 1.76. The molecule has 1 aromatic carbocycles. The second kappa shape index (κ2) is 5.09. The van der Waals surface area contributed by atoms with Crippen molar-refractivity contribution < 1.29 is 4.39 Å². The lowest BCUT2D eigenvalue weighted by molar-refractivity contribution is 0.591. The van der Waals surface area contributed by atoms with E-state index >= 15 is 0 Å². The SMILES string of the molecule is CNC(c1ccc(F)cc1I)c1cnnn1C. The molecule has 6 heteroatoms. The van der Waals surface area contributed by atoms with Gasteiger partial charge in [0.05, 0.1) is 17.9 Å². The highest BCUT2D eigenvalue weighted by Crippen LogP contribution is 2.25. The first kappa shape index (κ1) is 12.4. The molecule has 0 saturated heterocycles. The Morgan fingerprint density at radius 2 is 2.24 bits per heavy atom. The molecule has 2 aromatic rings. The van der Waals surface area contributed by atoms with E-state index in [1.807, 2.05) is 14.1 Å². The van der Waals surface area contributed by atoms with Crippen LogP contribution in [0.2, 0.25) is 0 Å². The lowest BCUT2D eigenvalue weighted by Crippen LogP contribution is -2.21. The number of nitrogens with zero attached hydrogens (tertiary/aromatic N) is 3. The van der Waals surface area contributed by atoms with Crippen molar-refractivity contribution in [3.05, 3.63) is 45.0 Å². The van der Waals surface area contributed by atoms with Gasteiger partial charge in [0, 0.05) is 10.6 Å². The summed E-state index contributed by atoms with van der Waals surface area (Å²) in [5, 5.41) is 11.0. The standard InChI is InChI=1S/C11H12FIN4/c1-14-11(10-6-15-16-17(10)2)8-4-3-7(12)5-9(8)13/h3-6,11,14H,1-2H3. The first-order chi connectivity index (χ1) is 8.13. The Bertz CT molecular complexity index is 526. The highest BCUT2D eigenvalue weighted by Gasteiger charge is 2.18. The minimum atomic E-state index is -0.226. The first-order valence-electron chi connectivity index (χ1n) is 5.10. The van der Waals surface area contributed by atoms with Gasteiger partial charge in [-0.15, -0.1) is 5.10 Å². The second-order valence-corrected chi connectivity index (χ2v) is 4.83. The van der Waals surface area contributed by atoms with Crippen LogP contribution in [0.15, 0.2) is 24.4 Å². The Morgan fingerprint density at radius 1 is 1.47 bits per heavy atom. The molecular formula is C11H12FIN4. The van der Waals surface area contributed by atoms with Gasteiger partial charge in [-0.05, 0) is 47.3 Å². The molecule has 0 fully saturated rings. The average Bonchev–Trinajstić information content (AvgIpc) is 2.69. The molecule has 1 unspecified atom stereocenters. The first-order valence-corrected chi connectivity index (χ1v) is 6.18. The molecule has 0 aliphatic carbocycles. The van der Waals surface area contributed by atoms with Crippen molar-refractivity contribution in [3.63, 3.8) is 0 Å². The number of aromatic nitrogens is 3. The second-order valence-electron chi connectivity index (χ2n) is 3.67. The average molecular weight is 346 g/mol. The van der Waals surface area contributed by atoms with E-state index in [0.717, 1.165) is 14.8 Å². The number of halogens is 2. The Balaban J connectivity index is 2.46. The van der Waals surface area contributed by atoms with Gasteiger partial charge in [0.2, 0.25) is 0 Å². The molecule has 17 heavy (non-hydrogen) atoms. The molecule has 0 radical (unpaired) electrons. The third kappa shape index (κ3) is 2.47. The third-order valence-corrected chi connectivity index (χ3v) is 3.54. The summed E-state index contributed by atoms with van der Waals surface area (Å²) in [5.74, 6) is -0.226. The molecule has 90 valence electrons. The van der Waals surface area contributed by atoms with Gasteiger partial charge >= 0.3 is 0 Å². The molecule has 1 atom stereocenters. The zero-order valence-corrected chi connectivity index (χ0v) is 11.6. The maximum atomic E-state index is 13.1. The van der Waals surface area contributed by atoms with Crippen molar-refractivity contribution in [1.29, 1.82) is 0 Å². The molecule has 1 aromatic heterocycles. The van der Waals surface area contributed by atoms with E-state index in [2.05, 4.69) is 38.2 Å². The Hall–Kier alpha value is -1.02. The third-order valence-electron chi connectivity index (χ3n) is 2.61. The lowest BCUT2D eigenvalue weighted by atomic mass is 10.0. The van der Waals surface area contributed by atoms with Gasteiger partial charge in [0.15, 0.2) is 0 Å². The van der Waals surface area contributed by atoms with Crippen LogP contribution < -0.4 is 5.32 Å². The van der Waals surface area contributed by atoms with Crippen LogP contribution in [0, 0.1) is 9.39 Å². The molecule has 1 heterocycles. The number of hydrogen-bond acceptors (Lipinski definition) is 3. The summed E-state index contributed by atoms with van der Waals surface area (Å²) in [4.78, 5) is 0. The van der Waals surface area contributed by atoms with Gasteiger partial charge in [-0.1, -0.05) is 11.3 Å². The Labute approximate surface area is 112 Å². The number of nitrogens with one attached hydrogen (secondary N) is 1. The maximum Gasteiger partial charge on any atom is 0.124 e. The van der Waals surface area contributed by atoms with E-state index in [1.165, 1.54) is 12.1 Å². The molecule has 2 rings (SSSR count). The molecule has 1 N–H and O–H groups in total. The van der Waals surface area contributed by atoms with Gasteiger partial charge in [-0.2, -0.15) is 0 Å². The van der Waals surface area contributed by atoms with Gasteiger partial charge in [-0.25, -0.2) is 4.39 Å². The topological polar surface area (TPSA) is 42.7 Å². The van der Waals surface area contributed by atoms with E-state index in [9.17, 15) is 4.39 Å². The van der Waals surface area contributed by atoms with Crippen molar-refractivity contribution in [1.82, 2.24) is 20.3 Å².